The summed E-state index contributed by atoms with van der Waals surface area (Å²) < 4.78 is 5.41. The van der Waals surface area contributed by atoms with Crippen LogP contribution >= 0.6 is 11.8 Å². The van der Waals surface area contributed by atoms with E-state index >= 15 is 0 Å². The lowest BCUT2D eigenvalue weighted by Crippen LogP contribution is -2.38. The van der Waals surface area contributed by atoms with E-state index in [1.165, 1.54) is 11.8 Å². The smallest absolute Gasteiger partial charge is 0.265 e. The molecule has 1 aromatic heterocycles. The second-order valence-corrected chi connectivity index (χ2v) is 5.83. The Hall–Kier alpha value is -2.54. The van der Waals surface area contributed by atoms with Gasteiger partial charge in [0.25, 0.3) is 5.91 Å². The molecule has 6 nitrogen and oxygen atoms in total. The van der Waals surface area contributed by atoms with Gasteiger partial charge in [-0.2, -0.15) is 0 Å². The molecule has 0 saturated carbocycles. The number of nitrogens with zero attached hydrogens (tertiary/aromatic N) is 2. The highest BCUT2D eigenvalue weighted by molar-refractivity contribution is 7.99. The Bertz CT molecular complexity index is 743. The average Bonchev–Trinajstić information content (AvgIpc) is 3.08. The molecule has 1 aliphatic rings. The van der Waals surface area contributed by atoms with E-state index in [9.17, 15) is 9.59 Å². The van der Waals surface area contributed by atoms with Gasteiger partial charge in [-0.15, -0.1) is 6.58 Å². The zero-order valence-electron chi connectivity index (χ0n) is 12.3. The maximum absolute atomic E-state index is 12.3. The average molecular weight is 329 g/mol. The van der Waals surface area contributed by atoms with Crippen LogP contribution in [0.5, 0.6) is 5.75 Å². The SMILES string of the molecule is C=CCN1C(=O)COc2ccc(C(=O)CSc3ncc[nH]3)cc21. The van der Waals surface area contributed by atoms with Gasteiger partial charge in [-0.05, 0) is 18.2 Å². The van der Waals surface area contributed by atoms with Crippen molar-refractivity contribution >= 4 is 29.1 Å². The van der Waals surface area contributed by atoms with E-state index in [0.29, 0.717) is 28.7 Å². The zero-order chi connectivity index (χ0) is 16.2. The maximum Gasteiger partial charge on any atom is 0.265 e. The van der Waals surface area contributed by atoms with Crippen molar-refractivity contribution in [2.24, 2.45) is 0 Å². The van der Waals surface area contributed by atoms with Crippen LogP contribution in [0.3, 0.4) is 0 Å². The van der Waals surface area contributed by atoms with Crippen LogP contribution in [-0.2, 0) is 4.79 Å². The van der Waals surface area contributed by atoms with E-state index in [2.05, 4.69) is 16.5 Å². The first kappa shape index (κ1) is 15.4. The first-order valence-electron chi connectivity index (χ1n) is 7.02. The largest absolute Gasteiger partial charge is 0.482 e. The number of hydrogen-bond donors (Lipinski definition) is 1. The number of carbonyl (C=O) groups excluding carboxylic acids is 2. The van der Waals surface area contributed by atoms with Crippen LogP contribution in [0, 0.1) is 0 Å². The summed E-state index contributed by atoms with van der Waals surface area (Å²) in [7, 11) is 0. The van der Waals surface area contributed by atoms with Gasteiger partial charge < -0.3 is 14.6 Å². The number of aromatic nitrogens is 2. The number of Topliss-reactive ketones (excluding diaryl/α,β-unsaturated/α-hetero) is 1. The van der Waals surface area contributed by atoms with Gasteiger partial charge in [-0.25, -0.2) is 4.98 Å². The zero-order valence-corrected chi connectivity index (χ0v) is 13.1. The Labute approximate surface area is 137 Å². The number of rotatable bonds is 6. The fourth-order valence-corrected chi connectivity index (χ4v) is 2.97. The summed E-state index contributed by atoms with van der Waals surface area (Å²) in [5.74, 6) is 0.683. The highest BCUT2D eigenvalue weighted by Gasteiger charge is 2.25. The van der Waals surface area contributed by atoms with E-state index in [1.54, 1.807) is 41.6 Å². The number of hydrogen-bond acceptors (Lipinski definition) is 5. The molecule has 3 rings (SSSR count). The number of thioether (sulfide) groups is 1. The molecule has 1 aliphatic heterocycles. The standard InChI is InChI=1S/C16H15N3O3S/c1-2-7-19-12-8-11(3-4-14(12)22-9-15(19)21)13(20)10-23-16-17-5-6-18-16/h2-6,8H,1,7,9-10H2,(H,17,18). The molecule has 1 aromatic carbocycles. The topological polar surface area (TPSA) is 75.3 Å². The van der Waals surface area contributed by atoms with Gasteiger partial charge in [0, 0.05) is 24.5 Å². The molecule has 0 aliphatic carbocycles. The van der Waals surface area contributed by atoms with Gasteiger partial charge >= 0.3 is 0 Å². The highest BCUT2D eigenvalue weighted by Crippen LogP contribution is 2.33. The first-order valence-corrected chi connectivity index (χ1v) is 8.01. The van der Waals surface area contributed by atoms with Crippen molar-refractivity contribution in [1.82, 2.24) is 9.97 Å². The van der Waals surface area contributed by atoms with Gasteiger partial charge in [0.05, 0.1) is 11.4 Å². The number of benzene rings is 1. The van der Waals surface area contributed by atoms with Crippen molar-refractivity contribution in [1.29, 1.82) is 0 Å². The summed E-state index contributed by atoms with van der Waals surface area (Å²) in [6.45, 7) is 4.05. The Morgan fingerprint density at radius 3 is 3.13 bits per heavy atom. The Kier molecular flexibility index (Phi) is 4.47. The Morgan fingerprint density at radius 2 is 2.39 bits per heavy atom. The first-order chi connectivity index (χ1) is 11.2. The van der Waals surface area contributed by atoms with Crippen molar-refractivity contribution in [2.45, 2.75) is 5.16 Å². The van der Waals surface area contributed by atoms with Crippen LogP contribution in [0.25, 0.3) is 0 Å². The number of imidazole rings is 1. The van der Waals surface area contributed by atoms with Crippen molar-refractivity contribution in [3.63, 3.8) is 0 Å². The normalized spacial score (nSPS) is 13.4. The molecule has 2 heterocycles. The minimum atomic E-state index is -0.146. The second kappa shape index (κ2) is 6.70. The summed E-state index contributed by atoms with van der Waals surface area (Å²) in [4.78, 5) is 32.9. The lowest BCUT2D eigenvalue weighted by molar-refractivity contribution is -0.121. The van der Waals surface area contributed by atoms with E-state index in [0.717, 1.165) is 0 Å². The molecule has 1 N–H and O–H groups in total. The molecule has 0 spiro atoms. The number of carbonyl (C=O) groups is 2. The number of H-pyrrole nitrogens is 1. The molecule has 7 heteroatoms. The van der Waals surface area contributed by atoms with E-state index in [4.69, 9.17) is 4.74 Å². The molecule has 2 aromatic rings. The third-order valence-electron chi connectivity index (χ3n) is 3.35. The number of anilines is 1. The number of fused-ring (bicyclic) bond motifs is 1. The summed E-state index contributed by atoms with van der Waals surface area (Å²) in [5, 5.41) is 0.697. The molecule has 0 saturated heterocycles. The maximum atomic E-state index is 12.3. The van der Waals surface area contributed by atoms with Crippen LogP contribution in [0.15, 0.2) is 48.4 Å². The van der Waals surface area contributed by atoms with Gasteiger partial charge in [0.15, 0.2) is 17.5 Å². The quantitative estimate of drug-likeness (QED) is 0.500. The van der Waals surface area contributed by atoms with Gasteiger partial charge in [-0.3, -0.25) is 9.59 Å². The summed E-state index contributed by atoms with van der Waals surface area (Å²) >= 11 is 1.33. The molecule has 0 atom stereocenters. The molecule has 0 unspecified atom stereocenters. The van der Waals surface area contributed by atoms with Crippen LogP contribution < -0.4 is 9.64 Å². The van der Waals surface area contributed by atoms with E-state index in [-0.39, 0.29) is 24.1 Å². The van der Waals surface area contributed by atoms with Crippen molar-refractivity contribution in [3.8, 4) is 5.75 Å². The molecule has 0 radical (unpaired) electrons. The molecule has 118 valence electrons. The van der Waals surface area contributed by atoms with Crippen LogP contribution in [0.2, 0.25) is 0 Å². The minimum absolute atomic E-state index is 0.00246. The summed E-state index contributed by atoms with van der Waals surface area (Å²) in [5.41, 5.74) is 1.14. The third-order valence-corrected chi connectivity index (χ3v) is 4.25. The predicted octanol–water partition coefficient (Wildman–Crippen LogP) is 2.30. The van der Waals surface area contributed by atoms with Gasteiger partial charge in [0.1, 0.15) is 5.75 Å². The molecule has 1 amide bonds. The van der Waals surface area contributed by atoms with Crippen molar-refractivity contribution in [2.75, 3.05) is 23.8 Å². The molecular weight excluding hydrogens is 314 g/mol. The molecule has 0 fully saturated rings. The van der Waals surface area contributed by atoms with Gasteiger partial charge in [-0.1, -0.05) is 17.8 Å². The van der Waals surface area contributed by atoms with Crippen LogP contribution in [0.4, 0.5) is 5.69 Å². The minimum Gasteiger partial charge on any atom is -0.482 e. The number of amides is 1. The predicted molar refractivity (Wildman–Crippen MR) is 88.1 cm³/mol. The fraction of sp³-hybridized carbons (Fsp3) is 0.188. The molecular formula is C16H15N3O3S. The van der Waals surface area contributed by atoms with E-state index in [1.807, 2.05) is 0 Å². The van der Waals surface area contributed by atoms with E-state index < -0.39 is 0 Å². The Balaban J connectivity index is 1.80. The van der Waals surface area contributed by atoms with Crippen LogP contribution in [0.1, 0.15) is 10.4 Å². The summed E-state index contributed by atoms with van der Waals surface area (Å²) in [6, 6.07) is 5.13. The molecule has 0 bridgehead atoms. The van der Waals surface area contributed by atoms with Crippen molar-refractivity contribution < 1.29 is 14.3 Å². The van der Waals surface area contributed by atoms with Gasteiger partial charge in [0.2, 0.25) is 0 Å². The lowest BCUT2D eigenvalue weighted by Gasteiger charge is -2.28. The van der Waals surface area contributed by atoms with Crippen molar-refractivity contribution in [3.05, 3.63) is 48.8 Å². The molecule has 23 heavy (non-hydrogen) atoms. The monoisotopic (exact) mass is 329 g/mol. The number of aromatic amines is 1. The highest BCUT2D eigenvalue weighted by atomic mass is 32.2. The van der Waals surface area contributed by atoms with Crippen LogP contribution in [-0.4, -0.2) is 40.6 Å². The fourth-order valence-electron chi connectivity index (χ4n) is 2.25. The number of ketones is 1. The second-order valence-electron chi connectivity index (χ2n) is 4.87. The summed E-state index contributed by atoms with van der Waals surface area (Å²) in [6.07, 6.45) is 5.00. The third kappa shape index (κ3) is 3.29. The number of ether oxygens (including phenoxy) is 1. The number of nitrogens with one attached hydrogen (secondary N) is 1. The lowest BCUT2D eigenvalue weighted by atomic mass is 10.1. The Morgan fingerprint density at radius 1 is 1.52 bits per heavy atom.